The van der Waals surface area contributed by atoms with E-state index in [-0.39, 0.29) is 18.5 Å². The largest absolute Gasteiger partial charge is 0.349 e. The van der Waals surface area contributed by atoms with E-state index in [9.17, 15) is 0 Å². The van der Waals surface area contributed by atoms with Gasteiger partial charge in [0.05, 0.1) is 32.3 Å². The van der Waals surface area contributed by atoms with Crippen LogP contribution in [0.15, 0.2) is 24.3 Å². The fourth-order valence-electron chi connectivity index (χ4n) is 2.30. The van der Waals surface area contributed by atoms with Crippen molar-refractivity contribution in [3.63, 3.8) is 0 Å². The van der Waals surface area contributed by atoms with Crippen LogP contribution in [0, 0.1) is 0 Å². The number of hydrogen-bond acceptors (Lipinski definition) is 4. The molecular weight excluding hydrogens is 256 g/mol. The summed E-state index contributed by atoms with van der Waals surface area (Å²) in [7, 11) is 0. The van der Waals surface area contributed by atoms with Gasteiger partial charge in [0, 0.05) is 5.02 Å². The number of halogens is 1. The molecule has 0 unspecified atom stereocenters. The van der Waals surface area contributed by atoms with Crippen molar-refractivity contribution in [2.45, 2.75) is 18.5 Å². The van der Waals surface area contributed by atoms with Crippen molar-refractivity contribution in [1.82, 2.24) is 0 Å². The maximum Gasteiger partial charge on any atom is 0.169 e. The van der Waals surface area contributed by atoms with Crippen LogP contribution < -0.4 is 0 Å². The summed E-state index contributed by atoms with van der Waals surface area (Å²) in [4.78, 5) is 0. The van der Waals surface area contributed by atoms with Gasteiger partial charge >= 0.3 is 0 Å². The predicted octanol–water partition coefficient (Wildman–Crippen LogP) is 2.17. The molecule has 2 saturated heterocycles. The van der Waals surface area contributed by atoms with Gasteiger partial charge in [-0.15, -0.1) is 0 Å². The molecule has 3 rings (SSSR count). The molecule has 98 valence electrons. The van der Waals surface area contributed by atoms with E-state index in [1.165, 1.54) is 0 Å². The van der Waals surface area contributed by atoms with Gasteiger partial charge in [-0.1, -0.05) is 23.7 Å². The van der Waals surface area contributed by atoms with Crippen LogP contribution in [0.3, 0.4) is 0 Å². The maximum atomic E-state index is 5.91. The fraction of sp³-hybridized carbons (Fsp3) is 0.538. The molecule has 18 heavy (non-hydrogen) atoms. The summed E-state index contributed by atoms with van der Waals surface area (Å²) >= 11 is 5.91. The van der Waals surface area contributed by atoms with E-state index in [1.807, 2.05) is 24.3 Å². The van der Waals surface area contributed by atoms with Gasteiger partial charge in [-0.3, -0.25) is 0 Å². The predicted molar refractivity (Wildman–Crippen MR) is 65.6 cm³/mol. The summed E-state index contributed by atoms with van der Waals surface area (Å²) in [5.74, 6) is -0.0766. The second kappa shape index (κ2) is 5.55. The highest BCUT2D eigenvalue weighted by Gasteiger charge is 2.38. The number of ether oxygens (including phenoxy) is 4. The van der Waals surface area contributed by atoms with Crippen LogP contribution in [0.4, 0.5) is 0 Å². The van der Waals surface area contributed by atoms with E-state index in [1.54, 1.807) is 0 Å². The third-order valence-electron chi connectivity index (χ3n) is 3.14. The van der Waals surface area contributed by atoms with Crippen molar-refractivity contribution in [3.8, 4) is 0 Å². The first-order valence-corrected chi connectivity index (χ1v) is 6.44. The minimum atomic E-state index is -0.311. The zero-order chi connectivity index (χ0) is 12.4. The van der Waals surface area contributed by atoms with Crippen LogP contribution in [0.25, 0.3) is 0 Å². The van der Waals surface area contributed by atoms with Crippen LogP contribution in [-0.2, 0) is 18.9 Å². The summed E-state index contributed by atoms with van der Waals surface area (Å²) in [5, 5.41) is 0.707. The lowest BCUT2D eigenvalue weighted by atomic mass is 9.98. The smallest absolute Gasteiger partial charge is 0.169 e. The molecule has 0 spiro atoms. The molecule has 1 aromatic carbocycles. The zero-order valence-corrected chi connectivity index (χ0v) is 10.6. The topological polar surface area (TPSA) is 36.9 Å². The molecule has 1 aromatic rings. The van der Waals surface area contributed by atoms with Gasteiger partial charge in [-0.2, -0.15) is 0 Å². The average molecular weight is 271 g/mol. The molecule has 0 bridgehead atoms. The van der Waals surface area contributed by atoms with Gasteiger partial charge in [0.2, 0.25) is 0 Å². The van der Waals surface area contributed by atoms with Crippen molar-refractivity contribution < 1.29 is 18.9 Å². The normalized spacial score (nSPS) is 22.1. The van der Waals surface area contributed by atoms with E-state index >= 15 is 0 Å². The molecule has 5 heteroatoms. The van der Waals surface area contributed by atoms with E-state index in [0.717, 1.165) is 5.56 Å². The lowest BCUT2D eigenvalue weighted by molar-refractivity contribution is -0.145. The summed E-state index contributed by atoms with van der Waals surface area (Å²) in [6.07, 6.45) is -0.622. The molecule has 2 heterocycles. The molecule has 0 amide bonds. The van der Waals surface area contributed by atoms with Gasteiger partial charge in [0.25, 0.3) is 0 Å². The first kappa shape index (κ1) is 12.4. The summed E-state index contributed by atoms with van der Waals surface area (Å²) in [6, 6.07) is 7.63. The van der Waals surface area contributed by atoms with Crippen molar-refractivity contribution >= 4 is 11.6 Å². The van der Waals surface area contributed by atoms with E-state index in [0.29, 0.717) is 31.5 Å². The Morgan fingerprint density at radius 3 is 1.72 bits per heavy atom. The Labute approximate surface area is 111 Å². The molecule has 0 radical (unpaired) electrons. The van der Waals surface area contributed by atoms with E-state index < -0.39 is 0 Å². The monoisotopic (exact) mass is 270 g/mol. The van der Waals surface area contributed by atoms with Crippen molar-refractivity contribution in [2.24, 2.45) is 0 Å². The number of benzene rings is 1. The SMILES string of the molecule is Clc1ccc(C(C2OCCO2)C2OCCO2)cc1. The second-order valence-corrected chi connectivity index (χ2v) is 4.73. The van der Waals surface area contributed by atoms with Crippen LogP contribution >= 0.6 is 11.6 Å². The van der Waals surface area contributed by atoms with Crippen molar-refractivity contribution in [3.05, 3.63) is 34.9 Å². The molecule has 0 aliphatic carbocycles. The standard InChI is InChI=1S/C13H15ClO4/c14-10-3-1-9(2-4-10)11(12-15-5-6-16-12)13-17-7-8-18-13/h1-4,11-13H,5-8H2. The van der Waals surface area contributed by atoms with Gasteiger partial charge in [0.15, 0.2) is 12.6 Å². The zero-order valence-electron chi connectivity index (χ0n) is 9.88. The molecule has 0 saturated carbocycles. The molecule has 2 aliphatic rings. The molecular formula is C13H15ClO4. The van der Waals surface area contributed by atoms with Gasteiger partial charge in [-0.05, 0) is 17.7 Å². The molecule has 2 fully saturated rings. The van der Waals surface area contributed by atoms with Gasteiger partial charge in [-0.25, -0.2) is 0 Å². The Bertz CT molecular complexity index is 366. The van der Waals surface area contributed by atoms with Crippen LogP contribution in [0.1, 0.15) is 11.5 Å². The van der Waals surface area contributed by atoms with Crippen molar-refractivity contribution in [1.29, 1.82) is 0 Å². The van der Waals surface area contributed by atoms with Crippen LogP contribution in [0.5, 0.6) is 0 Å². The van der Waals surface area contributed by atoms with E-state index in [4.69, 9.17) is 30.5 Å². The first-order chi connectivity index (χ1) is 8.84. The third kappa shape index (κ3) is 2.53. The minimum absolute atomic E-state index is 0.0766. The quantitative estimate of drug-likeness (QED) is 0.844. The minimum Gasteiger partial charge on any atom is -0.349 e. The molecule has 0 N–H and O–H groups in total. The molecule has 0 aromatic heterocycles. The highest BCUT2D eigenvalue weighted by molar-refractivity contribution is 6.30. The Balaban J connectivity index is 1.85. The third-order valence-corrected chi connectivity index (χ3v) is 3.39. The van der Waals surface area contributed by atoms with Gasteiger partial charge in [0.1, 0.15) is 0 Å². The van der Waals surface area contributed by atoms with Crippen LogP contribution in [-0.4, -0.2) is 39.0 Å². The molecule has 2 aliphatic heterocycles. The summed E-state index contributed by atoms with van der Waals surface area (Å²) in [5.41, 5.74) is 1.05. The molecule has 0 atom stereocenters. The highest BCUT2D eigenvalue weighted by atomic mass is 35.5. The Hall–Kier alpha value is -0.650. The number of rotatable bonds is 3. The van der Waals surface area contributed by atoms with E-state index in [2.05, 4.69) is 0 Å². The maximum absolute atomic E-state index is 5.91. The fourth-order valence-corrected chi connectivity index (χ4v) is 2.42. The summed E-state index contributed by atoms with van der Waals surface area (Å²) in [6.45, 7) is 2.45. The lowest BCUT2D eigenvalue weighted by Gasteiger charge is -2.26. The average Bonchev–Trinajstić information content (AvgIpc) is 3.06. The first-order valence-electron chi connectivity index (χ1n) is 6.06. The second-order valence-electron chi connectivity index (χ2n) is 4.30. The Kier molecular flexibility index (Phi) is 3.82. The molecule has 4 nitrogen and oxygen atoms in total. The van der Waals surface area contributed by atoms with Gasteiger partial charge < -0.3 is 18.9 Å². The summed E-state index contributed by atoms with van der Waals surface area (Å²) < 4.78 is 22.4. The Morgan fingerprint density at radius 2 is 1.28 bits per heavy atom. The Morgan fingerprint density at radius 1 is 0.833 bits per heavy atom. The van der Waals surface area contributed by atoms with Crippen LogP contribution in [0.2, 0.25) is 5.02 Å². The highest BCUT2D eigenvalue weighted by Crippen LogP contribution is 2.33. The van der Waals surface area contributed by atoms with Crippen molar-refractivity contribution in [2.75, 3.05) is 26.4 Å². The lowest BCUT2D eigenvalue weighted by Crippen LogP contribution is -2.31. The number of hydrogen-bond donors (Lipinski definition) is 0.